The molecule has 2 rings (SSSR count). The number of carbonyl (C=O) groups excluding carboxylic acids is 1. The van der Waals surface area contributed by atoms with Gasteiger partial charge in [0, 0.05) is 12.7 Å². The molecule has 5 heteroatoms. The van der Waals surface area contributed by atoms with Crippen LogP contribution in [0, 0.1) is 0 Å². The zero-order valence-corrected chi connectivity index (χ0v) is 11.4. The zero-order chi connectivity index (χ0) is 13.7. The van der Waals surface area contributed by atoms with Gasteiger partial charge in [-0.25, -0.2) is 4.98 Å². The molecule has 1 amide bonds. The van der Waals surface area contributed by atoms with Crippen LogP contribution in [0.25, 0.3) is 0 Å². The molecular formula is C14H20N2O3. The van der Waals surface area contributed by atoms with Gasteiger partial charge in [-0.1, -0.05) is 0 Å². The van der Waals surface area contributed by atoms with Gasteiger partial charge >= 0.3 is 0 Å². The van der Waals surface area contributed by atoms with Crippen LogP contribution in [0.1, 0.15) is 32.6 Å². The number of methoxy groups -OCH3 is 1. The number of hydrogen-bond acceptors (Lipinski definition) is 4. The van der Waals surface area contributed by atoms with Gasteiger partial charge in [0.1, 0.15) is 5.60 Å². The van der Waals surface area contributed by atoms with E-state index in [1.807, 2.05) is 6.92 Å². The Morgan fingerprint density at radius 1 is 1.42 bits per heavy atom. The lowest BCUT2D eigenvalue weighted by atomic mass is 10.0. The number of amides is 1. The lowest BCUT2D eigenvalue weighted by Gasteiger charge is -2.27. The number of anilines is 1. The molecular weight excluding hydrogens is 244 g/mol. The van der Waals surface area contributed by atoms with Crippen molar-refractivity contribution in [3.8, 4) is 5.88 Å². The summed E-state index contributed by atoms with van der Waals surface area (Å²) in [7, 11) is 1.56. The van der Waals surface area contributed by atoms with Gasteiger partial charge in [0.15, 0.2) is 0 Å². The van der Waals surface area contributed by atoms with Crippen molar-refractivity contribution in [3.05, 3.63) is 18.3 Å². The van der Waals surface area contributed by atoms with Crippen LogP contribution in [0.4, 0.5) is 5.69 Å². The molecule has 1 heterocycles. The fraction of sp³-hybridized carbons (Fsp3) is 0.571. The smallest absolute Gasteiger partial charge is 0.256 e. The Bertz CT molecular complexity index is 425. The maximum Gasteiger partial charge on any atom is 0.256 e. The van der Waals surface area contributed by atoms with Crippen molar-refractivity contribution < 1.29 is 14.3 Å². The minimum atomic E-state index is -0.658. The highest BCUT2D eigenvalue weighted by molar-refractivity contribution is 5.97. The molecule has 1 fully saturated rings. The van der Waals surface area contributed by atoms with Crippen molar-refractivity contribution in [1.82, 2.24) is 4.98 Å². The van der Waals surface area contributed by atoms with E-state index in [0.29, 0.717) is 18.2 Å². The van der Waals surface area contributed by atoms with E-state index in [0.717, 1.165) is 25.7 Å². The lowest BCUT2D eigenvalue weighted by molar-refractivity contribution is -0.140. The number of rotatable bonds is 5. The zero-order valence-electron chi connectivity index (χ0n) is 11.4. The molecule has 0 aliphatic heterocycles. The van der Waals surface area contributed by atoms with E-state index in [4.69, 9.17) is 9.47 Å². The molecule has 0 spiro atoms. The van der Waals surface area contributed by atoms with Gasteiger partial charge in [-0.2, -0.15) is 0 Å². The summed E-state index contributed by atoms with van der Waals surface area (Å²) < 4.78 is 10.7. The van der Waals surface area contributed by atoms with Crippen molar-refractivity contribution >= 4 is 11.6 Å². The number of ether oxygens (including phenoxy) is 2. The molecule has 1 N–H and O–H groups in total. The second-order valence-corrected chi connectivity index (χ2v) is 4.68. The molecule has 0 bridgehead atoms. The second-order valence-electron chi connectivity index (χ2n) is 4.68. The maximum atomic E-state index is 12.4. The third-order valence-corrected chi connectivity index (χ3v) is 3.45. The number of pyridine rings is 1. The van der Waals surface area contributed by atoms with Crippen molar-refractivity contribution in [2.45, 2.75) is 38.2 Å². The molecule has 1 aliphatic carbocycles. The quantitative estimate of drug-likeness (QED) is 0.887. The van der Waals surface area contributed by atoms with Gasteiger partial charge in [-0.3, -0.25) is 4.79 Å². The summed E-state index contributed by atoms with van der Waals surface area (Å²) in [5.74, 6) is 0.456. The van der Waals surface area contributed by atoms with Crippen molar-refractivity contribution in [3.63, 3.8) is 0 Å². The first kappa shape index (κ1) is 13.8. The minimum Gasteiger partial charge on any atom is -0.481 e. The number of nitrogens with one attached hydrogen (secondary N) is 1. The highest BCUT2D eigenvalue weighted by Gasteiger charge is 2.41. The summed E-state index contributed by atoms with van der Waals surface area (Å²) in [6.45, 7) is 2.47. The van der Waals surface area contributed by atoms with Gasteiger partial charge in [0.05, 0.1) is 19.0 Å². The first-order valence-corrected chi connectivity index (χ1v) is 6.65. The normalized spacial score (nSPS) is 17.2. The molecule has 0 unspecified atom stereocenters. The average Bonchev–Trinajstić information content (AvgIpc) is 2.90. The second kappa shape index (κ2) is 6.02. The van der Waals surface area contributed by atoms with Gasteiger partial charge in [-0.15, -0.1) is 0 Å². The summed E-state index contributed by atoms with van der Waals surface area (Å²) in [6.07, 6.45) is 5.24. The molecule has 0 atom stereocenters. The Morgan fingerprint density at radius 2 is 2.16 bits per heavy atom. The van der Waals surface area contributed by atoms with E-state index in [9.17, 15) is 4.79 Å². The Balaban J connectivity index is 2.05. The SMILES string of the molecule is CCOC1(C(=O)Nc2ccc(OC)nc2)CCCC1. The maximum absolute atomic E-state index is 12.4. The Kier molecular flexibility index (Phi) is 4.37. The highest BCUT2D eigenvalue weighted by atomic mass is 16.5. The van der Waals surface area contributed by atoms with E-state index in [1.54, 1.807) is 25.4 Å². The van der Waals surface area contributed by atoms with Crippen LogP contribution in [0.15, 0.2) is 18.3 Å². The van der Waals surface area contributed by atoms with Crippen LogP contribution in [-0.2, 0) is 9.53 Å². The lowest BCUT2D eigenvalue weighted by Crippen LogP contribution is -2.43. The van der Waals surface area contributed by atoms with E-state index in [1.165, 1.54) is 0 Å². The van der Waals surface area contributed by atoms with E-state index in [2.05, 4.69) is 10.3 Å². The molecule has 0 saturated heterocycles. The number of aromatic nitrogens is 1. The molecule has 104 valence electrons. The van der Waals surface area contributed by atoms with Crippen LogP contribution < -0.4 is 10.1 Å². The standard InChI is InChI=1S/C14H20N2O3/c1-3-19-14(8-4-5-9-14)13(17)16-11-6-7-12(18-2)15-10-11/h6-7,10H,3-5,8-9H2,1-2H3,(H,16,17). The Hall–Kier alpha value is -1.62. The molecule has 0 aromatic carbocycles. The fourth-order valence-corrected chi connectivity index (χ4v) is 2.48. The molecule has 1 saturated carbocycles. The fourth-order valence-electron chi connectivity index (χ4n) is 2.48. The monoisotopic (exact) mass is 264 g/mol. The summed E-state index contributed by atoms with van der Waals surface area (Å²) in [5.41, 5.74) is 0.00563. The van der Waals surface area contributed by atoms with Crippen LogP contribution >= 0.6 is 0 Å². The van der Waals surface area contributed by atoms with Gasteiger partial charge in [0.25, 0.3) is 5.91 Å². The third-order valence-electron chi connectivity index (χ3n) is 3.45. The number of carbonyl (C=O) groups is 1. The highest BCUT2D eigenvalue weighted by Crippen LogP contribution is 2.34. The van der Waals surface area contributed by atoms with Crippen molar-refractivity contribution in [1.29, 1.82) is 0 Å². The predicted octanol–water partition coefficient (Wildman–Crippen LogP) is 2.38. The number of nitrogens with zero attached hydrogens (tertiary/aromatic N) is 1. The van der Waals surface area contributed by atoms with E-state index in [-0.39, 0.29) is 5.91 Å². The minimum absolute atomic E-state index is 0.0705. The van der Waals surface area contributed by atoms with Crippen LogP contribution in [-0.4, -0.2) is 30.2 Å². The van der Waals surface area contributed by atoms with Crippen LogP contribution in [0.2, 0.25) is 0 Å². The topological polar surface area (TPSA) is 60.5 Å². The summed E-state index contributed by atoms with van der Waals surface area (Å²) in [6, 6.07) is 3.50. The van der Waals surface area contributed by atoms with E-state index >= 15 is 0 Å². The van der Waals surface area contributed by atoms with Crippen LogP contribution in [0.3, 0.4) is 0 Å². The summed E-state index contributed by atoms with van der Waals surface area (Å²) >= 11 is 0. The third kappa shape index (κ3) is 3.04. The van der Waals surface area contributed by atoms with Crippen molar-refractivity contribution in [2.24, 2.45) is 0 Å². The molecule has 1 aromatic heterocycles. The van der Waals surface area contributed by atoms with E-state index < -0.39 is 5.60 Å². The summed E-state index contributed by atoms with van der Waals surface area (Å²) in [5, 5.41) is 2.88. The van der Waals surface area contributed by atoms with Gasteiger partial charge in [0.2, 0.25) is 5.88 Å². The summed E-state index contributed by atoms with van der Waals surface area (Å²) in [4.78, 5) is 16.5. The van der Waals surface area contributed by atoms with Crippen molar-refractivity contribution in [2.75, 3.05) is 19.0 Å². The molecule has 19 heavy (non-hydrogen) atoms. The number of hydrogen-bond donors (Lipinski definition) is 1. The Labute approximate surface area is 113 Å². The molecule has 1 aromatic rings. The van der Waals surface area contributed by atoms with Crippen LogP contribution in [0.5, 0.6) is 5.88 Å². The van der Waals surface area contributed by atoms with Gasteiger partial charge < -0.3 is 14.8 Å². The average molecular weight is 264 g/mol. The molecule has 1 aliphatic rings. The first-order chi connectivity index (χ1) is 9.20. The largest absolute Gasteiger partial charge is 0.481 e. The first-order valence-electron chi connectivity index (χ1n) is 6.65. The molecule has 0 radical (unpaired) electrons. The molecule has 5 nitrogen and oxygen atoms in total. The predicted molar refractivity (Wildman–Crippen MR) is 72.2 cm³/mol. The van der Waals surface area contributed by atoms with Gasteiger partial charge in [-0.05, 0) is 38.7 Å². The Morgan fingerprint density at radius 3 is 2.68 bits per heavy atom.